The van der Waals surface area contributed by atoms with Gasteiger partial charge in [-0.1, -0.05) is 23.7 Å². The van der Waals surface area contributed by atoms with Crippen molar-refractivity contribution in [1.82, 2.24) is 10.3 Å². The van der Waals surface area contributed by atoms with Crippen molar-refractivity contribution < 1.29 is 14.3 Å². The Morgan fingerprint density at radius 3 is 3.03 bits per heavy atom. The molecule has 5 nitrogen and oxygen atoms in total. The molecule has 32 heavy (non-hydrogen) atoms. The zero-order chi connectivity index (χ0) is 22.5. The molecule has 2 heterocycles. The van der Waals surface area contributed by atoms with Crippen molar-refractivity contribution in [3.05, 3.63) is 57.6 Å². The van der Waals surface area contributed by atoms with Crippen LogP contribution in [0.25, 0.3) is 10.2 Å². The van der Waals surface area contributed by atoms with Crippen LogP contribution in [0.4, 0.5) is 0 Å². The molecule has 1 aromatic heterocycles. The van der Waals surface area contributed by atoms with Crippen LogP contribution in [0.5, 0.6) is 5.75 Å². The van der Waals surface area contributed by atoms with Crippen molar-refractivity contribution in [1.29, 1.82) is 0 Å². The van der Waals surface area contributed by atoms with Crippen LogP contribution in [-0.2, 0) is 16.0 Å². The lowest BCUT2D eigenvalue weighted by atomic mass is 9.90. The number of nitrogens with one attached hydrogen (secondary N) is 1. The van der Waals surface area contributed by atoms with Crippen molar-refractivity contribution in [2.45, 2.75) is 45.6 Å². The quantitative estimate of drug-likeness (QED) is 0.415. The number of benzene rings is 2. The van der Waals surface area contributed by atoms with E-state index in [4.69, 9.17) is 26.1 Å². The average molecular weight is 473 g/mol. The Labute approximate surface area is 198 Å². The van der Waals surface area contributed by atoms with Gasteiger partial charge in [-0.15, -0.1) is 11.3 Å². The maximum absolute atomic E-state index is 11.8. The number of nitrogens with zero attached hydrogens (tertiary/aromatic N) is 1. The van der Waals surface area contributed by atoms with Crippen LogP contribution in [0.2, 0.25) is 5.02 Å². The van der Waals surface area contributed by atoms with Crippen molar-refractivity contribution in [3.8, 4) is 5.75 Å². The molecule has 2 unspecified atom stereocenters. The molecular formula is C25H29ClN2O3S. The minimum Gasteiger partial charge on any atom is -0.493 e. The summed E-state index contributed by atoms with van der Waals surface area (Å²) in [5.41, 5.74) is 2.98. The number of hydrogen-bond donors (Lipinski definition) is 1. The van der Waals surface area contributed by atoms with Crippen LogP contribution in [0.1, 0.15) is 48.4 Å². The molecule has 0 saturated carbocycles. The smallest absolute Gasteiger partial charge is 0.310 e. The summed E-state index contributed by atoms with van der Waals surface area (Å²) in [5, 5.41) is 5.51. The van der Waals surface area contributed by atoms with Gasteiger partial charge in [0.1, 0.15) is 10.8 Å². The molecule has 4 rings (SSSR count). The van der Waals surface area contributed by atoms with Crippen LogP contribution in [0, 0.1) is 12.8 Å². The summed E-state index contributed by atoms with van der Waals surface area (Å²) in [6.45, 7) is 5.87. The Morgan fingerprint density at radius 1 is 1.31 bits per heavy atom. The lowest BCUT2D eigenvalue weighted by molar-refractivity contribution is -0.142. The van der Waals surface area contributed by atoms with Crippen LogP contribution >= 0.6 is 22.9 Å². The Kier molecular flexibility index (Phi) is 7.66. The van der Waals surface area contributed by atoms with E-state index in [0.29, 0.717) is 19.1 Å². The number of carbonyl (C=O) groups excluding carboxylic acids is 1. The summed E-state index contributed by atoms with van der Waals surface area (Å²) in [4.78, 5) is 16.7. The lowest BCUT2D eigenvalue weighted by Gasteiger charge is -2.29. The van der Waals surface area contributed by atoms with Gasteiger partial charge in [0.2, 0.25) is 0 Å². The minimum atomic E-state index is -0.203. The van der Waals surface area contributed by atoms with Gasteiger partial charge in [0.15, 0.2) is 0 Å². The second-order valence-corrected chi connectivity index (χ2v) is 9.72. The fourth-order valence-corrected chi connectivity index (χ4v) is 5.55. The molecule has 0 aliphatic carbocycles. The number of piperidine rings is 1. The highest BCUT2D eigenvalue weighted by Crippen LogP contribution is 2.35. The van der Waals surface area contributed by atoms with Gasteiger partial charge >= 0.3 is 5.97 Å². The van der Waals surface area contributed by atoms with E-state index in [1.165, 1.54) is 0 Å². The van der Waals surface area contributed by atoms with Gasteiger partial charge in [-0.05, 0) is 81.0 Å². The van der Waals surface area contributed by atoms with E-state index >= 15 is 0 Å². The highest BCUT2D eigenvalue weighted by atomic mass is 35.5. The van der Waals surface area contributed by atoms with Gasteiger partial charge in [0.05, 0.1) is 35.9 Å². The predicted molar refractivity (Wildman–Crippen MR) is 130 cm³/mol. The first-order valence-electron chi connectivity index (χ1n) is 11.2. The number of rotatable bonds is 8. The Morgan fingerprint density at radius 2 is 2.19 bits per heavy atom. The molecule has 1 fully saturated rings. The summed E-state index contributed by atoms with van der Waals surface area (Å²) in [6, 6.07) is 12.0. The molecule has 2 aromatic carbocycles. The maximum atomic E-state index is 11.8. The highest BCUT2D eigenvalue weighted by molar-refractivity contribution is 7.18. The van der Waals surface area contributed by atoms with Gasteiger partial charge in [0.25, 0.3) is 0 Å². The number of esters is 1. The summed E-state index contributed by atoms with van der Waals surface area (Å²) >= 11 is 7.86. The molecule has 1 N–H and O–H groups in total. The molecule has 0 radical (unpaired) electrons. The molecule has 1 aliphatic heterocycles. The summed E-state index contributed by atoms with van der Waals surface area (Å²) in [5.74, 6) is 1.23. The maximum Gasteiger partial charge on any atom is 0.310 e. The van der Waals surface area contributed by atoms with E-state index in [9.17, 15) is 4.79 Å². The number of aromatic nitrogens is 1. The number of fused-ring (bicyclic) bond motifs is 1. The summed E-state index contributed by atoms with van der Waals surface area (Å²) in [7, 11) is 0. The van der Waals surface area contributed by atoms with Crippen LogP contribution in [-0.4, -0.2) is 30.7 Å². The highest BCUT2D eigenvalue weighted by Gasteiger charge is 2.25. The molecule has 0 spiro atoms. The van der Waals surface area contributed by atoms with Gasteiger partial charge in [-0.25, -0.2) is 4.98 Å². The second-order valence-electron chi connectivity index (χ2n) is 8.22. The summed E-state index contributed by atoms with van der Waals surface area (Å²) in [6.07, 6.45) is 3.47. The fraction of sp³-hybridized carbons (Fsp3) is 0.440. The van der Waals surface area contributed by atoms with Crippen LogP contribution < -0.4 is 10.1 Å². The van der Waals surface area contributed by atoms with Crippen molar-refractivity contribution in [2.24, 2.45) is 5.92 Å². The molecule has 170 valence electrons. The minimum absolute atomic E-state index is 0.203. The van der Waals surface area contributed by atoms with E-state index in [2.05, 4.69) is 5.32 Å². The van der Waals surface area contributed by atoms with Crippen molar-refractivity contribution in [2.75, 3.05) is 19.8 Å². The number of hydrogen-bond acceptors (Lipinski definition) is 6. The molecule has 1 aliphatic rings. The Balaban J connectivity index is 1.32. The van der Waals surface area contributed by atoms with Gasteiger partial charge in [-0.2, -0.15) is 0 Å². The molecule has 3 aromatic rings. The van der Waals surface area contributed by atoms with E-state index < -0.39 is 0 Å². The SMILES string of the molecule is CCOC(=O)Cc1cccc(OCCC2CCNC(c3nc4ccc(Cl)cc4s3)C2)c1C. The topological polar surface area (TPSA) is 60.5 Å². The first kappa shape index (κ1) is 23.0. The molecule has 0 bridgehead atoms. The number of ether oxygens (including phenoxy) is 2. The zero-order valence-corrected chi connectivity index (χ0v) is 20.1. The standard InChI is InChI=1S/C25H29ClN2O3S/c1-3-30-24(29)14-18-5-4-6-22(16(18)2)31-12-10-17-9-11-27-21(13-17)25-28-20-8-7-19(26)15-23(20)32-25/h4-8,15,17,21,27H,3,9-14H2,1-2H3. The molecule has 7 heteroatoms. The summed E-state index contributed by atoms with van der Waals surface area (Å²) < 4.78 is 12.3. The largest absolute Gasteiger partial charge is 0.493 e. The molecule has 1 saturated heterocycles. The third-order valence-electron chi connectivity index (χ3n) is 6.00. The zero-order valence-electron chi connectivity index (χ0n) is 18.5. The van der Waals surface area contributed by atoms with E-state index in [1.54, 1.807) is 11.3 Å². The van der Waals surface area contributed by atoms with Crippen molar-refractivity contribution in [3.63, 3.8) is 0 Å². The second kappa shape index (κ2) is 10.6. The monoisotopic (exact) mass is 472 g/mol. The average Bonchev–Trinajstić information content (AvgIpc) is 3.20. The van der Waals surface area contributed by atoms with E-state index in [0.717, 1.165) is 62.9 Å². The predicted octanol–water partition coefficient (Wildman–Crippen LogP) is 5.87. The third kappa shape index (κ3) is 5.61. The van der Waals surface area contributed by atoms with Crippen LogP contribution in [0.3, 0.4) is 0 Å². The Bertz CT molecular complexity index is 1080. The van der Waals surface area contributed by atoms with E-state index in [-0.39, 0.29) is 18.4 Å². The van der Waals surface area contributed by atoms with Gasteiger partial charge in [-0.3, -0.25) is 4.79 Å². The van der Waals surface area contributed by atoms with Gasteiger partial charge < -0.3 is 14.8 Å². The normalized spacial score (nSPS) is 18.6. The van der Waals surface area contributed by atoms with Crippen LogP contribution in [0.15, 0.2) is 36.4 Å². The van der Waals surface area contributed by atoms with Crippen molar-refractivity contribution >= 4 is 39.1 Å². The lowest BCUT2D eigenvalue weighted by Crippen LogP contribution is -2.32. The fourth-order valence-electron chi connectivity index (χ4n) is 4.22. The first-order chi connectivity index (χ1) is 15.5. The van der Waals surface area contributed by atoms with Gasteiger partial charge in [0, 0.05) is 5.02 Å². The number of thiazole rings is 1. The first-order valence-corrected chi connectivity index (χ1v) is 12.4. The molecular weight excluding hydrogens is 444 g/mol. The number of carbonyl (C=O) groups is 1. The number of halogens is 1. The molecule has 2 atom stereocenters. The Hall–Kier alpha value is -2.15. The van der Waals surface area contributed by atoms with E-state index in [1.807, 2.05) is 50.2 Å². The third-order valence-corrected chi connectivity index (χ3v) is 7.36. The molecule has 0 amide bonds.